The van der Waals surface area contributed by atoms with Crippen molar-refractivity contribution in [1.82, 2.24) is 24.9 Å². The van der Waals surface area contributed by atoms with E-state index in [4.69, 9.17) is 4.99 Å². The van der Waals surface area contributed by atoms with E-state index in [0.29, 0.717) is 48.7 Å². The number of rotatable bonds is 9. The molecule has 8 rings (SSSR count). The number of nitrogens with zero attached hydrogens (tertiary/aromatic N) is 6. The summed E-state index contributed by atoms with van der Waals surface area (Å²) in [6.07, 6.45) is 11.7. The average Bonchev–Trinajstić information content (AvgIpc) is 3.69. The molecule has 0 bridgehead atoms. The van der Waals surface area contributed by atoms with Crippen LogP contribution in [0.15, 0.2) is 72.0 Å². The molecule has 4 aromatic rings. The van der Waals surface area contributed by atoms with Crippen LogP contribution in [0.5, 0.6) is 0 Å². The summed E-state index contributed by atoms with van der Waals surface area (Å²) < 4.78 is 1.90. The lowest BCUT2D eigenvalue weighted by molar-refractivity contribution is -0.908. The van der Waals surface area contributed by atoms with Gasteiger partial charge in [-0.25, -0.2) is 9.78 Å². The normalized spacial score (nSPS) is 22.2. The minimum atomic E-state index is -0.380. The number of anilines is 3. The molecular formula is C38H45N10O2+. The average molecular weight is 674 g/mol. The molecule has 3 unspecified atom stereocenters. The minimum absolute atomic E-state index is 0.0279. The van der Waals surface area contributed by atoms with E-state index in [0.717, 1.165) is 49.2 Å². The molecule has 1 aliphatic carbocycles. The van der Waals surface area contributed by atoms with Gasteiger partial charge in [0, 0.05) is 64.0 Å². The van der Waals surface area contributed by atoms with E-state index < -0.39 is 0 Å². The van der Waals surface area contributed by atoms with E-state index in [1.165, 1.54) is 47.5 Å². The fourth-order valence-corrected chi connectivity index (χ4v) is 8.36. The van der Waals surface area contributed by atoms with Gasteiger partial charge in [-0.15, -0.1) is 5.10 Å². The predicted octanol–water partition coefficient (Wildman–Crippen LogP) is 4.69. The summed E-state index contributed by atoms with van der Waals surface area (Å²) in [6, 6.07) is 18.1. The van der Waals surface area contributed by atoms with Crippen molar-refractivity contribution in [2.75, 3.05) is 36.1 Å². The van der Waals surface area contributed by atoms with Crippen molar-refractivity contribution in [3.63, 3.8) is 0 Å². The van der Waals surface area contributed by atoms with Gasteiger partial charge in [0.2, 0.25) is 0 Å². The van der Waals surface area contributed by atoms with Crippen molar-refractivity contribution in [1.29, 1.82) is 0 Å². The van der Waals surface area contributed by atoms with Crippen LogP contribution in [0.1, 0.15) is 83.7 Å². The van der Waals surface area contributed by atoms with Crippen LogP contribution in [0, 0.1) is 5.92 Å². The first kappa shape index (κ1) is 32.1. The highest BCUT2D eigenvalue weighted by molar-refractivity contribution is 6.09. The Kier molecular flexibility index (Phi) is 9.01. The Labute approximate surface area is 292 Å². The van der Waals surface area contributed by atoms with Crippen LogP contribution >= 0.6 is 0 Å². The van der Waals surface area contributed by atoms with Crippen LogP contribution in [0.3, 0.4) is 0 Å². The van der Waals surface area contributed by atoms with Crippen LogP contribution in [-0.2, 0) is 19.6 Å². The molecule has 4 atom stereocenters. The van der Waals surface area contributed by atoms with Crippen molar-refractivity contribution in [2.45, 2.75) is 76.7 Å². The highest BCUT2D eigenvalue weighted by Crippen LogP contribution is 2.43. The van der Waals surface area contributed by atoms with E-state index in [9.17, 15) is 9.59 Å². The van der Waals surface area contributed by atoms with Gasteiger partial charge in [0.05, 0.1) is 32.4 Å². The highest BCUT2D eigenvalue weighted by atomic mass is 16.2. The van der Waals surface area contributed by atoms with Crippen LogP contribution in [0.4, 0.5) is 22.0 Å². The lowest BCUT2D eigenvalue weighted by Crippen LogP contribution is -3.06. The first-order valence-corrected chi connectivity index (χ1v) is 18.1. The summed E-state index contributed by atoms with van der Waals surface area (Å²) in [7, 11) is 2.12. The third-order valence-electron chi connectivity index (χ3n) is 10.6. The monoisotopic (exact) mass is 673 g/mol. The lowest BCUT2D eigenvalue weighted by Gasteiger charge is -2.39. The van der Waals surface area contributed by atoms with E-state index >= 15 is 0 Å². The van der Waals surface area contributed by atoms with Crippen molar-refractivity contribution >= 4 is 34.8 Å². The molecule has 2 fully saturated rings. The molecule has 258 valence electrons. The summed E-state index contributed by atoms with van der Waals surface area (Å²) >= 11 is 0. The summed E-state index contributed by atoms with van der Waals surface area (Å²) in [4.78, 5) is 38.7. The van der Waals surface area contributed by atoms with Crippen molar-refractivity contribution in [3.05, 3.63) is 94.9 Å². The number of aromatic nitrogens is 4. The van der Waals surface area contributed by atoms with Gasteiger partial charge in [0.15, 0.2) is 0 Å². The fourth-order valence-electron chi connectivity index (χ4n) is 8.36. The number of piperidine rings is 1. The second kappa shape index (κ2) is 14.0. The van der Waals surface area contributed by atoms with Gasteiger partial charge < -0.3 is 20.4 Å². The molecule has 0 radical (unpaired) electrons. The van der Waals surface area contributed by atoms with Gasteiger partial charge in [0.1, 0.15) is 24.6 Å². The maximum Gasteiger partial charge on any atom is 0.324 e. The Morgan fingerprint density at radius 1 is 1.00 bits per heavy atom. The van der Waals surface area contributed by atoms with E-state index in [-0.39, 0.29) is 18.0 Å². The summed E-state index contributed by atoms with van der Waals surface area (Å²) in [6.45, 7) is 3.55. The Morgan fingerprint density at radius 2 is 1.86 bits per heavy atom. The third kappa shape index (κ3) is 6.59. The number of benzene rings is 2. The number of para-hydroxylation sites is 1. The lowest BCUT2D eigenvalue weighted by atomic mass is 9.76. The number of hydrogen-bond acceptors (Lipinski definition) is 7. The minimum Gasteiger partial charge on any atom is -0.381 e. The zero-order valence-corrected chi connectivity index (χ0v) is 28.6. The fraction of sp³-hybridized carbons (Fsp3) is 0.421. The van der Waals surface area contributed by atoms with Crippen LogP contribution in [0.2, 0.25) is 0 Å². The summed E-state index contributed by atoms with van der Waals surface area (Å²) in [5, 5.41) is 18.5. The number of amides is 3. The summed E-state index contributed by atoms with van der Waals surface area (Å²) in [5.41, 5.74) is 7.95. The molecule has 50 heavy (non-hydrogen) atoms. The SMILES string of the molecule is C[NH+](Cc1ccnc(NC(=O)Nc2cccc3c2[C@@H]2CCCCN2C3=O)c1)Cc1cn(CCN=C2c3ccccc3NC3CCCCC23)nn1. The zero-order valence-electron chi connectivity index (χ0n) is 28.6. The van der Waals surface area contributed by atoms with Gasteiger partial charge in [-0.3, -0.25) is 19.8 Å². The Bertz CT molecular complexity index is 1920. The molecule has 4 aliphatic rings. The third-order valence-corrected chi connectivity index (χ3v) is 10.6. The van der Waals surface area contributed by atoms with Crippen LogP contribution in [0.25, 0.3) is 0 Å². The second-order valence-electron chi connectivity index (χ2n) is 14.1. The number of fused-ring (bicyclic) bond motifs is 5. The molecular weight excluding hydrogens is 628 g/mol. The number of carbonyl (C=O) groups excluding carboxylic acids is 2. The van der Waals surface area contributed by atoms with Gasteiger partial charge in [-0.2, -0.15) is 0 Å². The maximum absolute atomic E-state index is 13.1. The molecule has 2 aromatic heterocycles. The van der Waals surface area contributed by atoms with Gasteiger partial charge in [-0.05, 0) is 62.4 Å². The smallest absolute Gasteiger partial charge is 0.324 e. The van der Waals surface area contributed by atoms with E-state index in [2.05, 4.69) is 62.6 Å². The molecule has 4 N–H and O–H groups in total. The molecule has 1 saturated heterocycles. The zero-order chi connectivity index (χ0) is 34.0. The Hall–Kier alpha value is -5.10. The predicted molar refractivity (Wildman–Crippen MR) is 192 cm³/mol. The van der Waals surface area contributed by atoms with Crippen molar-refractivity contribution < 1.29 is 14.5 Å². The number of quaternary nitrogens is 1. The molecule has 2 aromatic carbocycles. The molecule has 3 amide bonds. The van der Waals surface area contributed by atoms with Gasteiger partial charge in [0.25, 0.3) is 5.91 Å². The number of carbonyl (C=O) groups is 2. The van der Waals surface area contributed by atoms with Crippen molar-refractivity contribution in [2.24, 2.45) is 10.9 Å². The Balaban J connectivity index is 0.853. The van der Waals surface area contributed by atoms with Gasteiger partial charge in [-0.1, -0.05) is 42.3 Å². The molecule has 12 heteroatoms. The van der Waals surface area contributed by atoms with Crippen LogP contribution < -0.4 is 20.9 Å². The molecule has 0 spiro atoms. The number of urea groups is 1. The molecule has 5 heterocycles. The number of aliphatic imine (C=N–C) groups is 1. The van der Waals surface area contributed by atoms with Crippen LogP contribution in [-0.4, -0.2) is 68.7 Å². The standard InChI is InChI=1S/C38H44N10O2/c1-46(23-26-24-47(45-44-26)20-18-40-36-27-9-2-4-12-30(27)41-31-13-5-3-10-28(31)36)22-25-16-17-39-34(21-25)43-38(50)42-32-14-8-11-29-35(32)33-15-6-7-19-48(33)37(29)49/h2,4,8-9,11-12,14,16-17,21,24,28,31,33,41H,3,5-7,10,13,15,18-20,22-23H2,1H3,(H2,39,42,43,50)/p+1/t28?,31?,33-/m0/s1. The largest absolute Gasteiger partial charge is 0.381 e. The molecule has 1 saturated carbocycles. The maximum atomic E-state index is 13.1. The molecule has 3 aliphatic heterocycles. The number of nitrogens with one attached hydrogen (secondary N) is 4. The summed E-state index contributed by atoms with van der Waals surface area (Å²) in [5.74, 6) is 1.00. The topological polar surface area (TPSA) is 134 Å². The van der Waals surface area contributed by atoms with Gasteiger partial charge >= 0.3 is 6.03 Å². The quantitative estimate of drug-likeness (QED) is 0.204. The number of pyridine rings is 1. The molecule has 12 nitrogen and oxygen atoms in total. The number of hydrogen-bond donors (Lipinski definition) is 4. The second-order valence-corrected chi connectivity index (χ2v) is 14.1. The highest BCUT2D eigenvalue weighted by Gasteiger charge is 2.40. The first-order chi connectivity index (χ1) is 24.5. The van der Waals surface area contributed by atoms with Crippen molar-refractivity contribution in [3.8, 4) is 0 Å². The first-order valence-electron chi connectivity index (χ1n) is 18.1. The van der Waals surface area contributed by atoms with E-state index in [1.807, 2.05) is 46.1 Å². The van der Waals surface area contributed by atoms with E-state index in [1.54, 1.807) is 6.20 Å². The Morgan fingerprint density at radius 3 is 2.80 bits per heavy atom.